The third kappa shape index (κ3) is 1.98. The van der Waals surface area contributed by atoms with Crippen LogP contribution in [-0.4, -0.2) is 12.2 Å². The highest BCUT2D eigenvalue weighted by atomic mass is 32.2. The lowest BCUT2D eigenvalue weighted by molar-refractivity contribution is -0.110. The molecule has 4 heteroatoms. The topological polar surface area (TPSA) is 29.1 Å². The molecule has 2 aromatic rings. The second-order valence-electron chi connectivity index (χ2n) is 3.92. The molecule has 0 spiro atoms. The lowest BCUT2D eigenvalue weighted by Crippen LogP contribution is -2.03. The quantitative estimate of drug-likeness (QED) is 0.663. The molecule has 1 amide bonds. The molecule has 3 rings (SSSR count). The third-order valence-corrected chi connectivity index (χ3v) is 4.92. The van der Waals surface area contributed by atoms with Gasteiger partial charge >= 0.3 is 0 Å². The van der Waals surface area contributed by atoms with Crippen molar-refractivity contribution < 1.29 is 4.79 Å². The van der Waals surface area contributed by atoms with E-state index in [1.807, 2.05) is 30.3 Å². The van der Waals surface area contributed by atoms with Crippen LogP contribution in [0.3, 0.4) is 0 Å². The molecule has 1 aromatic carbocycles. The van der Waals surface area contributed by atoms with Crippen LogP contribution in [0.25, 0.3) is 11.6 Å². The Morgan fingerprint density at radius 2 is 2.06 bits per heavy atom. The van der Waals surface area contributed by atoms with Gasteiger partial charge in [0, 0.05) is 16.1 Å². The van der Waals surface area contributed by atoms with E-state index in [9.17, 15) is 4.79 Å². The first-order valence-electron chi connectivity index (χ1n) is 5.54. The Morgan fingerprint density at radius 3 is 2.83 bits per heavy atom. The van der Waals surface area contributed by atoms with Crippen LogP contribution in [-0.2, 0) is 4.79 Å². The van der Waals surface area contributed by atoms with Gasteiger partial charge < -0.3 is 5.32 Å². The number of anilines is 1. The number of nitrogens with one attached hydrogen (secondary N) is 1. The molecule has 1 aromatic heterocycles. The number of thiophene rings is 1. The van der Waals surface area contributed by atoms with Crippen LogP contribution >= 0.6 is 23.1 Å². The summed E-state index contributed by atoms with van der Waals surface area (Å²) in [4.78, 5) is 13.0. The number of benzene rings is 1. The van der Waals surface area contributed by atoms with E-state index in [1.54, 1.807) is 23.1 Å². The zero-order chi connectivity index (χ0) is 12.5. The summed E-state index contributed by atoms with van der Waals surface area (Å²) < 4.78 is 1.26. The van der Waals surface area contributed by atoms with Crippen molar-refractivity contribution in [3.63, 3.8) is 0 Å². The Hall–Kier alpha value is -1.52. The van der Waals surface area contributed by atoms with Crippen LogP contribution in [0.2, 0.25) is 0 Å². The predicted octanol–water partition coefficient (Wildman–Crippen LogP) is 3.96. The van der Waals surface area contributed by atoms with Gasteiger partial charge in [0.15, 0.2) is 0 Å². The zero-order valence-electron chi connectivity index (χ0n) is 9.77. The van der Waals surface area contributed by atoms with E-state index in [0.29, 0.717) is 0 Å². The number of rotatable bonds is 2. The summed E-state index contributed by atoms with van der Waals surface area (Å²) in [6.45, 7) is 0. The molecular formula is C14H11NOS2. The Labute approximate surface area is 114 Å². The van der Waals surface area contributed by atoms with Gasteiger partial charge in [-0.05, 0) is 30.5 Å². The van der Waals surface area contributed by atoms with Gasteiger partial charge in [0.25, 0.3) is 5.91 Å². The third-order valence-electron chi connectivity index (χ3n) is 2.80. The highest BCUT2D eigenvalue weighted by Crippen LogP contribution is 2.34. The first-order chi connectivity index (χ1) is 8.78. The standard InChI is InChI=1S/C14H11NOS2/c1-17-13-7-6-9(18-13)8-11-10-4-2-3-5-12(10)15-14(11)16/h2-8H,1H3,(H,15,16)/b11-8+. The normalized spacial score (nSPS) is 15.8. The van der Waals surface area contributed by atoms with Crippen LogP contribution in [0.4, 0.5) is 5.69 Å². The summed E-state index contributed by atoms with van der Waals surface area (Å²) in [6, 6.07) is 11.9. The molecule has 0 radical (unpaired) electrons. The van der Waals surface area contributed by atoms with Crippen LogP contribution < -0.4 is 5.32 Å². The van der Waals surface area contributed by atoms with Gasteiger partial charge in [0.2, 0.25) is 0 Å². The van der Waals surface area contributed by atoms with Crippen molar-refractivity contribution in [1.29, 1.82) is 0 Å². The van der Waals surface area contributed by atoms with E-state index in [4.69, 9.17) is 0 Å². The van der Waals surface area contributed by atoms with Crippen molar-refractivity contribution in [3.8, 4) is 0 Å². The first kappa shape index (κ1) is 11.6. The minimum Gasteiger partial charge on any atom is -0.321 e. The second-order valence-corrected chi connectivity index (χ2v) is 6.14. The summed E-state index contributed by atoms with van der Waals surface area (Å²) in [5.41, 5.74) is 2.64. The molecule has 1 aliphatic rings. The molecule has 1 aliphatic heterocycles. The maximum Gasteiger partial charge on any atom is 0.256 e. The number of carbonyl (C=O) groups excluding carboxylic acids is 1. The summed E-state index contributed by atoms with van der Waals surface area (Å²) in [7, 11) is 0. The summed E-state index contributed by atoms with van der Waals surface area (Å²) in [6.07, 6.45) is 4.02. The Bertz CT molecular complexity index is 643. The summed E-state index contributed by atoms with van der Waals surface area (Å²) >= 11 is 3.43. The SMILES string of the molecule is CSc1ccc(/C=C2/C(=O)Nc3ccccc32)s1. The van der Waals surface area contributed by atoms with Gasteiger partial charge in [-0.15, -0.1) is 23.1 Å². The van der Waals surface area contributed by atoms with E-state index >= 15 is 0 Å². The van der Waals surface area contributed by atoms with Gasteiger partial charge in [-0.1, -0.05) is 18.2 Å². The van der Waals surface area contributed by atoms with Crippen molar-refractivity contribution in [2.24, 2.45) is 0 Å². The number of thioether (sulfide) groups is 1. The molecule has 2 heterocycles. The lowest BCUT2D eigenvalue weighted by Gasteiger charge is -1.95. The molecule has 0 bridgehead atoms. The molecule has 0 fully saturated rings. The minimum atomic E-state index is -0.0182. The first-order valence-corrected chi connectivity index (χ1v) is 7.58. The molecule has 1 N–H and O–H groups in total. The lowest BCUT2D eigenvalue weighted by atomic mass is 10.1. The minimum absolute atomic E-state index is 0.0182. The van der Waals surface area contributed by atoms with Gasteiger partial charge in [-0.25, -0.2) is 0 Å². The molecule has 90 valence electrons. The highest BCUT2D eigenvalue weighted by Gasteiger charge is 2.23. The zero-order valence-corrected chi connectivity index (χ0v) is 11.4. The van der Waals surface area contributed by atoms with Crippen molar-refractivity contribution in [3.05, 3.63) is 46.8 Å². The Kier molecular flexibility index (Phi) is 2.97. The molecule has 18 heavy (non-hydrogen) atoms. The molecule has 2 nitrogen and oxygen atoms in total. The number of amides is 1. The Morgan fingerprint density at radius 1 is 1.22 bits per heavy atom. The maximum atomic E-state index is 11.9. The molecule has 0 atom stereocenters. The van der Waals surface area contributed by atoms with E-state index < -0.39 is 0 Å². The number of para-hydroxylation sites is 1. The van der Waals surface area contributed by atoms with Crippen molar-refractivity contribution >= 4 is 46.3 Å². The van der Waals surface area contributed by atoms with Crippen molar-refractivity contribution in [2.45, 2.75) is 4.21 Å². The fourth-order valence-corrected chi connectivity index (χ4v) is 3.45. The number of fused-ring (bicyclic) bond motifs is 1. The highest BCUT2D eigenvalue weighted by molar-refractivity contribution is 8.00. The predicted molar refractivity (Wildman–Crippen MR) is 79.0 cm³/mol. The average molecular weight is 273 g/mol. The molecular weight excluding hydrogens is 262 g/mol. The summed E-state index contributed by atoms with van der Waals surface area (Å²) in [5.74, 6) is -0.0182. The molecule has 0 unspecified atom stereocenters. The molecule has 0 aliphatic carbocycles. The van der Waals surface area contributed by atoms with Crippen LogP contribution in [0.15, 0.2) is 40.6 Å². The molecule has 0 saturated carbocycles. The fourth-order valence-electron chi connectivity index (χ4n) is 1.95. The van der Waals surface area contributed by atoms with Crippen LogP contribution in [0.5, 0.6) is 0 Å². The number of carbonyl (C=O) groups is 1. The Balaban J connectivity index is 2.04. The smallest absolute Gasteiger partial charge is 0.256 e. The monoisotopic (exact) mass is 273 g/mol. The van der Waals surface area contributed by atoms with Gasteiger partial charge in [0.1, 0.15) is 0 Å². The van der Waals surface area contributed by atoms with Crippen molar-refractivity contribution in [1.82, 2.24) is 0 Å². The van der Waals surface area contributed by atoms with Gasteiger partial charge in [0.05, 0.1) is 9.78 Å². The van der Waals surface area contributed by atoms with E-state index in [0.717, 1.165) is 21.7 Å². The van der Waals surface area contributed by atoms with E-state index in [2.05, 4.69) is 23.7 Å². The van der Waals surface area contributed by atoms with Gasteiger partial charge in [-0.2, -0.15) is 0 Å². The van der Waals surface area contributed by atoms with Crippen LogP contribution in [0.1, 0.15) is 10.4 Å². The maximum absolute atomic E-state index is 11.9. The fraction of sp³-hybridized carbons (Fsp3) is 0.0714. The average Bonchev–Trinajstić information content (AvgIpc) is 2.96. The van der Waals surface area contributed by atoms with E-state index in [1.165, 1.54) is 4.21 Å². The second kappa shape index (κ2) is 4.63. The van der Waals surface area contributed by atoms with Crippen LogP contribution in [0, 0.1) is 0 Å². The van der Waals surface area contributed by atoms with Gasteiger partial charge in [-0.3, -0.25) is 4.79 Å². The summed E-state index contributed by atoms with van der Waals surface area (Å²) in [5, 5.41) is 2.88. The van der Waals surface area contributed by atoms with Crippen molar-refractivity contribution in [2.75, 3.05) is 11.6 Å². The number of hydrogen-bond donors (Lipinski definition) is 1. The number of hydrogen-bond acceptors (Lipinski definition) is 3. The van der Waals surface area contributed by atoms with E-state index in [-0.39, 0.29) is 5.91 Å². The largest absolute Gasteiger partial charge is 0.321 e. The molecule has 0 saturated heterocycles.